The first kappa shape index (κ1) is 20.5. The van der Waals surface area contributed by atoms with Crippen LogP contribution in [0.4, 0.5) is 20.7 Å². The number of morpholine rings is 1. The number of fused-ring (bicyclic) bond motifs is 1. The van der Waals surface area contributed by atoms with Crippen LogP contribution in [-0.4, -0.2) is 61.9 Å². The topological polar surface area (TPSA) is 86.5 Å². The Labute approximate surface area is 178 Å². The molecule has 3 aliphatic heterocycles. The normalized spacial score (nSPS) is 29.9. The van der Waals surface area contributed by atoms with Crippen molar-refractivity contribution >= 4 is 28.6 Å². The summed E-state index contributed by atoms with van der Waals surface area (Å²) in [6.07, 6.45) is -1.70. The molecule has 0 radical (unpaired) electrons. The maximum absolute atomic E-state index is 15.9. The predicted molar refractivity (Wildman–Crippen MR) is 109 cm³/mol. The average molecular weight is 435 g/mol. The number of aromatic nitrogens is 1. The number of halogens is 1. The zero-order chi connectivity index (χ0) is 21.9. The van der Waals surface area contributed by atoms with Crippen LogP contribution in [0.5, 0.6) is 0 Å². The highest BCUT2D eigenvalue weighted by atomic mass is 19.1. The average Bonchev–Trinajstić information content (AvgIpc) is 3.42. The fourth-order valence-electron chi connectivity index (χ4n) is 4.58. The molecule has 168 valence electrons. The smallest absolute Gasteiger partial charge is 0.416 e. The summed E-state index contributed by atoms with van der Waals surface area (Å²) >= 11 is 0. The van der Waals surface area contributed by atoms with Crippen LogP contribution < -0.4 is 9.80 Å². The largest absolute Gasteiger partial charge is 0.444 e. The molecule has 0 N–H and O–H groups in total. The Balaban J connectivity index is 1.66. The third-order valence-corrected chi connectivity index (χ3v) is 6.10. The summed E-state index contributed by atoms with van der Waals surface area (Å²) in [4.78, 5) is 15.7. The molecule has 1 aromatic heterocycles. The van der Waals surface area contributed by atoms with Gasteiger partial charge in [-0.15, -0.1) is 0 Å². The van der Waals surface area contributed by atoms with E-state index in [-0.39, 0.29) is 35.8 Å². The summed E-state index contributed by atoms with van der Waals surface area (Å²) in [5.41, 5.74) is 0.883. The summed E-state index contributed by atoms with van der Waals surface area (Å²) in [6.45, 7) is 9.43. The molecule has 2 aromatic rings. The van der Waals surface area contributed by atoms with E-state index >= 15 is 4.39 Å². The Hall–Kier alpha value is -2.43. The molecule has 0 bridgehead atoms. The third kappa shape index (κ3) is 3.33. The van der Waals surface area contributed by atoms with Crippen LogP contribution in [-0.2, 0) is 18.9 Å². The van der Waals surface area contributed by atoms with E-state index in [0.717, 1.165) is 0 Å². The minimum atomic E-state index is -0.716. The van der Waals surface area contributed by atoms with Gasteiger partial charge in [-0.2, -0.15) is 0 Å². The van der Waals surface area contributed by atoms with Gasteiger partial charge in [-0.05, 0) is 33.8 Å². The molecule has 3 saturated heterocycles. The molecule has 9 nitrogen and oxygen atoms in total. The number of anilines is 2. The van der Waals surface area contributed by atoms with Gasteiger partial charge in [-0.3, -0.25) is 4.90 Å². The molecule has 0 spiro atoms. The van der Waals surface area contributed by atoms with E-state index in [0.29, 0.717) is 42.9 Å². The zero-order valence-corrected chi connectivity index (χ0v) is 18.0. The van der Waals surface area contributed by atoms with Gasteiger partial charge in [0.05, 0.1) is 42.5 Å². The van der Waals surface area contributed by atoms with Gasteiger partial charge in [-0.25, -0.2) is 9.18 Å². The van der Waals surface area contributed by atoms with Gasteiger partial charge in [-0.1, -0.05) is 5.16 Å². The van der Waals surface area contributed by atoms with Crippen molar-refractivity contribution in [1.29, 1.82) is 0 Å². The summed E-state index contributed by atoms with van der Waals surface area (Å²) in [7, 11) is 0. The number of ether oxygens (including phenoxy) is 4. The zero-order valence-electron chi connectivity index (χ0n) is 18.0. The van der Waals surface area contributed by atoms with Crippen LogP contribution in [0, 0.1) is 5.82 Å². The van der Waals surface area contributed by atoms with E-state index in [9.17, 15) is 4.79 Å². The summed E-state index contributed by atoms with van der Waals surface area (Å²) in [5, 5.41) is 4.42. The Morgan fingerprint density at radius 2 is 1.77 bits per heavy atom. The van der Waals surface area contributed by atoms with Gasteiger partial charge in [0.2, 0.25) is 5.58 Å². The summed E-state index contributed by atoms with van der Waals surface area (Å²) in [6, 6.07) is 1.48. The lowest BCUT2D eigenvalue weighted by molar-refractivity contribution is -0.0445. The van der Waals surface area contributed by atoms with Crippen molar-refractivity contribution < 1.29 is 32.7 Å². The van der Waals surface area contributed by atoms with Crippen LogP contribution in [0.25, 0.3) is 11.0 Å². The van der Waals surface area contributed by atoms with Crippen LogP contribution in [0.3, 0.4) is 0 Å². The van der Waals surface area contributed by atoms with Gasteiger partial charge < -0.3 is 28.4 Å². The van der Waals surface area contributed by atoms with Gasteiger partial charge in [0.25, 0.3) is 0 Å². The molecule has 3 aliphatic rings. The fourth-order valence-corrected chi connectivity index (χ4v) is 4.58. The molecule has 0 unspecified atom stereocenters. The second-order valence-corrected chi connectivity index (χ2v) is 8.45. The van der Waals surface area contributed by atoms with Gasteiger partial charge >= 0.3 is 6.09 Å². The molecular formula is C21H26FN3O6. The predicted octanol–water partition coefficient (Wildman–Crippen LogP) is 3.36. The van der Waals surface area contributed by atoms with Crippen molar-refractivity contribution in [2.24, 2.45) is 0 Å². The van der Waals surface area contributed by atoms with E-state index in [1.54, 1.807) is 13.0 Å². The lowest BCUT2D eigenvalue weighted by Crippen LogP contribution is -2.46. The molecular weight excluding hydrogens is 409 g/mol. The van der Waals surface area contributed by atoms with Crippen LogP contribution in [0.15, 0.2) is 10.6 Å². The lowest BCUT2D eigenvalue weighted by atomic mass is 10.0. The summed E-state index contributed by atoms with van der Waals surface area (Å²) in [5.74, 6) is -0.329. The molecule has 1 aromatic carbocycles. The number of rotatable bonds is 3. The number of benzene rings is 1. The molecule has 31 heavy (non-hydrogen) atoms. The van der Waals surface area contributed by atoms with E-state index in [4.69, 9.17) is 23.5 Å². The van der Waals surface area contributed by atoms with Crippen molar-refractivity contribution in [1.82, 2.24) is 5.16 Å². The number of carbonyl (C=O) groups excluding carboxylic acids is 1. The second-order valence-electron chi connectivity index (χ2n) is 8.45. The Kier molecular flexibility index (Phi) is 5.03. The number of cyclic esters (lactones) is 1. The van der Waals surface area contributed by atoms with E-state index in [1.807, 2.05) is 25.7 Å². The highest BCUT2D eigenvalue weighted by Gasteiger charge is 2.41. The Bertz CT molecular complexity index is 997. The standard InChI is InChI=1S/C21H26FN3O6/c1-10-8-24(9-11(2)29-10)17-14(20-27-5-6-28-20)7-15-18(16(17)22)31-23-19(15)25-12(3)13(4)30-21(25)26/h7,10-13,20H,5-6,8-9H2,1-4H3/t10-,11-,12+,13-/m1/s1. The van der Waals surface area contributed by atoms with E-state index in [1.165, 1.54) is 4.90 Å². The van der Waals surface area contributed by atoms with E-state index in [2.05, 4.69) is 5.16 Å². The lowest BCUT2D eigenvalue weighted by Gasteiger charge is -2.38. The first-order valence-corrected chi connectivity index (χ1v) is 10.6. The molecule has 10 heteroatoms. The van der Waals surface area contributed by atoms with Gasteiger partial charge in [0.1, 0.15) is 6.10 Å². The molecule has 4 heterocycles. The molecule has 0 saturated carbocycles. The van der Waals surface area contributed by atoms with Crippen molar-refractivity contribution in [2.75, 3.05) is 36.1 Å². The SMILES string of the molecule is C[C@@H]1CN(c2c(C3OCCO3)cc3c(N4C(=O)O[C@H](C)[C@@H]4C)noc3c2F)C[C@@H](C)O1. The molecule has 4 atom stereocenters. The minimum Gasteiger partial charge on any atom is -0.444 e. The number of carbonyl (C=O) groups is 1. The molecule has 3 fully saturated rings. The van der Waals surface area contributed by atoms with Crippen molar-refractivity contribution in [3.8, 4) is 0 Å². The fraction of sp³-hybridized carbons (Fsp3) is 0.619. The Morgan fingerprint density at radius 3 is 2.39 bits per heavy atom. The van der Waals surface area contributed by atoms with Crippen LogP contribution in [0.2, 0.25) is 0 Å². The molecule has 1 amide bonds. The maximum atomic E-state index is 15.9. The molecule has 0 aliphatic carbocycles. The van der Waals surface area contributed by atoms with Gasteiger partial charge in [0.15, 0.2) is 17.9 Å². The highest BCUT2D eigenvalue weighted by Crippen LogP contribution is 2.42. The molecule has 5 rings (SSSR count). The summed E-state index contributed by atoms with van der Waals surface area (Å²) < 4.78 is 43.9. The van der Waals surface area contributed by atoms with E-state index < -0.39 is 18.2 Å². The second kappa shape index (κ2) is 7.61. The minimum absolute atomic E-state index is 0.0157. The van der Waals surface area contributed by atoms with Crippen molar-refractivity contribution in [3.05, 3.63) is 17.4 Å². The van der Waals surface area contributed by atoms with Crippen LogP contribution >= 0.6 is 0 Å². The monoisotopic (exact) mass is 435 g/mol. The Morgan fingerprint density at radius 1 is 1.10 bits per heavy atom. The number of hydrogen-bond donors (Lipinski definition) is 0. The highest BCUT2D eigenvalue weighted by molar-refractivity contribution is 6.01. The quantitative estimate of drug-likeness (QED) is 0.726. The number of amides is 1. The first-order chi connectivity index (χ1) is 14.8. The number of hydrogen-bond acceptors (Lipinski definition) is 8. The number of nitrogens with zero attached hydrogens (tertiary/aromatic N) is 3. The first-order valence-electron chi connectivity index (χ1n) is 10.6. The third-order valence-electron chi connectivity index (χ3n) is 6.10. The van der Waals surface area contributed by atoms with Crippen LogP contribution in [0.1, 0.15) is 39.5 Å². The maximum Gasteiger partial charge on any atom is 0.416 e. The van der Waals surface area contributed by atoms with Crippen molar-refractivity contribution in [3.63, 3.8) is 0 Å². The van der Waals surface area contributed by atoms with Gasteiger partial charge in [0, 0.05) is 18.7 Å². The van der Waals surface area contributed by atoms with Crippen molar-refractivity contribution in [2.45, 2.75) is 58.3 Å².